The summed E-state index contributed by atoms with van der Waals surface area (Å²) < 4.78 is 40.1. The van der Waals surface area contributed by atoms with Gasteiger partial charge in [-0.1, -0.05) is 69.6 Å². The van der Waals surface area contributed by atoms with Crippen molar-refractivity contribution < 1.29 is 27.5 Å². The van der Waals surface area contributed by atoms with Crippen molar-refractivity contribution in [2.24, 2.45) is 0 Å². The van der Waals surface area contributed by atoms with E-state index in [0.717, 1.165) is 26.7 Å². The molecule has 3 rings (SSSR count). The number of rotatable bonds is 7. The van der Waals surface area contributed by atoms with Crippen LogP contribution < -0.4 is 0 Å². The van der Waals surface area contributed by atoms with Crippen LogP contribution in [-0.2, 0) is 22.1 Å². The van der Waals surface area contributed by atoms with Crippen molar-refractivity contribution in [3.63, 3.8) is 0 Å². The van der Waals surface area contributed by atoms with E-state index >= 15 is 0 Å². The van der Waals surface area contributed by atoms with E-state index < -0.39 is 22.7 Å². The molecule has 1 aliphatic rings. The molecule has 0 saturated heterocycles. The van der Waals surface area contributed by atoms with Crippen LogP contribution >= 0.6 is 15.9 Å². The Kier molecular flexibility index (Phi) is 12.4. The summed E-state index contributed by atoms with van der Waals surface area (Å²) >= 11 is 3.42. The summed E-state index contributed by atoms with van der Waals surface area (Å²) in [4.78, 5) is 12.4. The largest absolute Gasteiger partial charge is 0.465 e. The van der Waals surface area contributed by atoms with E-state index in [-0.39, 0.29) is 21.7 Å². The van der Waals surface area contributed by atoms with Gasteiger partial charge in [0.15, 0.2) is 16.6 Å². The van der Waals surface area contributed by atoms with E-state index in [1.807, 2.05) is 6.08 Å². The molecule has 0 aromatic heterocycles. The Morgan fingerprint density at radius 1 is 0.881 bits per heavy atom. The summed E-state index contributed by atoms with van der Waals surface area (Å²) in [5, 5.41) is 9.33. The SMILES string of the molecule is CC(C)(C)[Si](C)(C)OCc1cc(F)ccc1Br.CC(C)(C)[Si](C)(C)OCc1cc(F)ccc1C1=CCN(C(=O)O)CC1. The summed E-state index contributed by atoms with van der Waals surface area (Å²) in [6, 6.07) is 9.46. The minimum atomic E-state index is -1.93. The maximum Gasteiger partial charge on any atom is 0.407 e. The fourth-order valence-corrected chi connectivity index (χ4v) is 5.95. The van der Waals surface area contributed by atoms with Gasteiger partial charge in [-0.3, -0.25) is 0 Å². The number of benzene rings is 2. The fourth-order valence-electron chi connectivity index (χ4n) is 3.69. The second-order valence-corrected chi connectivity index (χ2v) is 24.3. The Hall–Kier alpha value is -1.86. The number of carbonyl (C=O) groups is 1. The first-order valence-electron chi connectivity index (χ1n) is 14.3. The fraction of sp³-hybridized carbons (Fsp3) is 0.531. The number of carboxylic acid groups (broad SMARTS) is 1. The highest BCUT2D eigenvalue weighted by Crippen LogP contribution is 2.38. The van der Waals surface area contributed by atoms with Gasteiger partial charge >= 0.3 is 6.09 Å². The molecular weight excluding hydrogens is 636 g/mol. The molecule has 1 aliphatic heterocycles. The van der Waals surface area contributed by atoms with Crippen LogP contribution in [0, 0.1) is 11.6 Å². The Morgan fingerprint density at radius 2 is 1.36 bits per heavy atom. The first-order valence-corrected chi connectivity index (χ1v) is 20.9. The molecule has 0 saturated carbocycles. The van der Waals surface area contributed by atoms with E-state index in [4.69, 9.17) is 14.0 Å². The average molecular weight is 685 g/mol. The number of hydrogen-bond acceptors (Lipinski definition) is 3. The van der Waals surface area contributed by atoms with E-state index in [9.17, 15) is 13.6 Å². The highest BCUT2D eigenvalue weighted by Gasteiger charge is 2.38. The van der Waals surface area contributed by atoms with Crippen molar-refractivity contribution in [3.8, 4) is 0 Å². The van der Waals surface area contributed by atoms with Gasteiger partial charge in [-0.15, -0.1) is 0 Å². The standard InChI is InChI=1S/C19H28FNO3Si.C13H20BrFOSi/c1-19(2,3)25(4,5)24-13-15-12-16(20)6-7-17(15)14-8-10-21(11-9-14)18(22)23;1-13(2,3)17(4,5)16-9-10-8-11(15)6-7-12(10)14/h6-8,12H,9-11,13H2,1-5H3,(H,22,23);6-8H,9H2,1-5H3. The summed E-state index contributed by atoms with van der Waals surface area (Å²) in [6.07, 6.45) is 1.64. The summed E-state index contributed by atoms with van der Waals surface area (Å²) in [7, 11) is -3.70. The quantitative estimate of drug-likeness (QED) is 0.295. The summed E-state index contributed by atoms with van der Waals surface area (Å²) in [5.74, 6) is -0.497. The van der Waals surface area contributed by atoms with Crippen LogP contribution in [0.2, 0.25) is 36.3 Å². The van der Waals surface area contributed by atoms with E-state index in [2.05, 4.69) is 83.7 Å². The lowest BCUT2D eigenvalue weighted by Gasteiger charge is -2.36. The molecule has 0 fully saturated rings. The van der Waals surface area contributed by atoms with Crippen molar-refractivity contribution >= 4 is 44.2 Å². The third kappa shape index (κ3) is 10.1. The van der Waals surface area contributed by atoms with Crippen LogP contribution in [0.1, 0.15) is 64.7 Å². The molecule has 0 radical (unpaired) electrons. The average Bonchev–Trinajstić information content (AvgIpc) is 2.87. The minimum Gasteiger partial charge on any atom is -0.465 e. The van der Waals surface area contributed by atoms with Gasteiger partial charge in [-0.2, -0.15) is 0 Å². The highest BCUT2D eigenvalue weighted by molar-refractivity contribution is 9.10. The van der Waals surface area contributed by atoms with Crippen molar-refractivity contribution in [1.82, 2.24) is 4.90 Å². The maximum absolute atomic E-state index is 13.8. The first kappa shape index (κ1) is 36.3. The smallest absolute Gasteiger partial charge is 0.407 e. The number of hydrogen-bond donors (Lipinski definition) is 1. The second kappa shape index (κ2) is 14.3. The van der Waals surface area contributed by atoms with Crippen molar-refractivity contribution in [2.45, 2.75) is 97.4 Å². The van der Waals surface area contributed by atoms with Gasteiger partial charge in [-0.05, 0) is 95.3 Å². The lowest BCUT2D eigenvalue weighted by molar-refractivity contribution is 0.150. The van der Waals surface area contributed by atoms with Crippen molar-refractivity contribution in [2.75, 3.05) is 13.1 Å². The Morgan fingerprint density at radius 3 is 1.81 bits per heavy atom. The van der Waals surface area contributed by atoms with Crippen LogP contribution in [0.25, 0.3) is 5.57 Å². The zero-order valence-electron chi connectivity index (χ0n) is 26.8. The van der Waals surface area contributed by atoms with E-state index in [1.165, 1.54) is 29.2 Å². The molecule has 10 heteroatoms. The molecule has 0 atom stereocenters. The Balaban J connectivity index is 0.000000317. The number of nitrogens with zero attached hydrogens (tertiary/aromatic N) is 1. The lowest BCUT2D eigenvalue weighted by Crippen LogP contribution is -2.40. The van der Waals surface area contributed by atoms with Crippen molar-refractivity contribution in [1.29, 1.82) is 0 Å². The minimum absolute atomic E-state index is 0.0899. The molecule has 42 heavy (non-hydrogen) atoms. The third-order valence-corrected chi connectivity index (χ3v) is 18.4. The Bertz CT molecular complexity index is 1270. The zero-order chi connectivity index (χ0) is 32.1. The molecule has 2 aromatic rings. The van der Waals surface area contributed by atoms with Crippen molar-refractivity contribution in [3.05, 3.63) is 75.3 Å². The molecule has 0 bridgehead atoms. The van der Waals surface area contributed by atoms with Gasteiger partial charge < -0.3 is 18.9 Å². The molecule has 0 aliphatic carbocycles. The van der Waals surface area contributed by atoms with E-state index in [0.29, 0.717) is 32.7 Å². The molecule has 1 heterocycles. The molecule has 0 unspecified atom stereocenters. The van der Waals surface area contributed by atoms with Gasteiger partial charge in [0.2, 0.25) is 0 Å². The van der Waals surface area contributed by atoms with Gasteiger partial charge in [0, 0.05) is 17.6 Å². The summed E-state index contributed by atoms with van der Waals surface area (Å²) in [6.45, 7) is 23.5. The molecule has 2 aromatic carbocycles. The molecule has 0 spiro atoms. The molecule has 1 N–H and O–H groups in total. The van der Waals surface area contributed by atoms with Crippen LogP contribution in [0.3, 0.4) is 0 Å². The van der Waals surface area contributed by atoms with Gasteiger partial charge in [-0.25, -0.2) is 13.6 Å². The first-order chi connectivity index (χ1) is 19.1. The van der Waals surface area contributed by atoms with Gasteiger partial charge in [0.25, 0.3) is 0 Å². The molecule has 1 amide bonds. The topological polar surface area (TPSA) is 59.0 Å². The van der Waals surface area contributed by atoms with Crippen LogP contribution in [0.15, 0.2) is 46.9 Å². The van der Waals surface area contributed by atoms with Gasteiger partial charge in [0.1, 0.15) is 11.6 Å². The predicted molar refractivity (Wildman–Crippen MR) is 177 cm³/mol. The second-order valence-electron chi connectivity index (χ2n) is 13.8. The van der Waals surface area contributed by atoms with Crippen LogP contribution in [0.5, 0.6) is 0 Å². The van der Waals surface area contributed by atoms with E-state index in [1.54, 1.807) is 12.1 Å². The predicted octanol–water partition coefficient (Wildman–Crippen LogP) is 10.2. The normalized spacial score (nSPS) is 14.7. The maximum atomic E-state index is 13.8. The summed E-state index contributed by atoms with van der Waals surface area (Å²) in [5.41, 5.74) is 3.73. The van der Waals surface area contributed by atoms with Gasteiger partial charge in [0.05, 0.1) is 13.2 Å². The lowest BCUT2D eigenvalue weighted by atomic mass is 9.95. The third-order valence-electron chi connectivity index (χ3n) is 8.69. The highest BCUT2D eigenvalue weighted by atomic mass is 79.9. The molecule has 234 valence electrons. The molecular formula is C32H48BrF2NO4Si2. The molecule has 5 nitrogen and oxygen atoms in total. The Labute approximate surface area is 261 Å². The number of halogens is 3. The number of amides is 1. The zero-order valence-corrected chi connectivity index (χ0v) is 30.4. The van der Waals surface area contributed by atoms with Crippen LogP contribution in [-0.4, -0.2) is 45.8 Å². The van der Waals surface area contributed by atoms with Crippen LogP contribution in [0.4, 0.5) is 13.6 Å². The monoisotopic (exact) mass is 683 g/mol.